The molecule has 0 aliphatic heterocycles. The molecule has 0 radical (unpaired) electrons. The molecule has 1 aromatic carbocycles. The highest BCUT2D eigenvalue weighted by Crippen LogP contribution is 2.23. The van der Waals surface area contributed by atoms with Crippen molar-refractivity contribution in [1.82, 2.24) is 15.2 Å². The third kappa shape index (κ3) is 3.16. The first-order chi connectivity index (χ1) is 8.95. The number of benzene rings is 1. The Morgan fingerprint density at radius 3 is 2.68 bits per heavy atom. The topological polar surface area (TPSA) is 120 Å². The van der Waals surface area contributed by atoms with Gasteiger partial charge in [0.15, 0.2) is 11.5 Å². The fourth-order valence-corrected chi connectivity index (χ4v) is 2.14. The van der Waals surface area contributed by atoms with Crippen LogP contribution in [0, 0.1) is 6.92 Å². The Hall–Kier alpha value is -2.22. The van der Waals surface area contributed by atoms with Crippen LogP contribution in [-0.2, 0) is 0 Å². The molecular weight excluding hydrogens is 312 g/mol. The number of primary amides is 1. The molecule has 0 spiro atoms. The van der Waals surface area contributed by atoms with Gasteiger partial charge in [0.05, 0.1) is 0 Å². The van der Waals surface area contributed by atoms with Crippen LogP contribution >= 0.6 is 15.9 Å². The standard InChI is InChI=1S/C11H11BrN6O/c1-5-2-6(12)4-7(3-5)15-10-8(9(13)19)17-18-11(14)16-10/h2-4H,1H3,(H2,13,19)(H3,14,15,16,18). The van der Waals surface area contributed by atoms with Gasteiger partial charge in [0.2, 0.25) is 5.95 Å². The molecule has 2 rings (SSSR count). The van der Waals surface area contributed by atoms with Crippen LogP contribution in [0.1, 0.15) is 16.1 Å². The van der Waals surface area contributed by atoms with Crippen molar-refractivity contribution >= 4 is 39.3 Å². The Morgan fingerprint density at radius 1 is 1.32 bits per heavy atom. The number of nitrogens with one attached hydrogen (secondary N) is 1. The monoisotopic (exact) mass is 322 g/mol. The van der Waals surface area contributed by atoms with Gasteiger partial charge in [0.25, 0.3) is 5.91 Å². The number of carbonyl (C=O) groups is 1. The summed E-state index contributed by atoms with van der Waals surface area (Å²) in [5.41, 5.74) is 12.4. The van der Waals surface area contributed by atoms with Crippen LogP contribution in [0.15, 0.2) is 22.7 Å². The van der Waals surface area contributed by atoms with Crippen molar-refractivity contribution in [1.29, 1.82) is 0 Å². The fraction of sp³-hybridized carbons (Fsp3) is 0.0909. The molecule has 1 amide bonds. The first-order valence-corrected chi connectivity index (χ1v) is 6.09. The Labute approximate surface area is 117 Å². The average molecular weight is 323 g/mol. The van der Waals surface area contributed by atoms with Gasteiger partial charge in [0.1, 0.15) is 0 Å². The lowest BCUT2D eigenvalue weighted by Crippen LogP contribution is -2.18. The summed E-state index contributed by atoms with van der Waals surface area (Å²) in [5, 5.41) is 10.1. The highest BCUT2D eigenvalue weighted by atomic mass is 79.9. The number of aromatic nitrogens is 3. The quantitative estimate of drug-likeness (QED) is 0.784. The number of carbonyl (C=O) groups excluding carboxylic acids is 1. The number of amides is 1. The zero-order valence-corrected chi connectivity index (χ0v) is 11.6. The lowest BCUT2D eigenvalue weighted by molar-refractivity contribution is 0.0995. The van der Waals surface area contributed by atoms with Gasteiger partial charge in [-0.1, -0.05) is 15.9 Å². The van der Waals surface area contributed by atoms with Crippen molar-refractivity contribution in [2.75, 3.05) is 11.1 Å². The molecule has 0 unspecified atom stereocenters. The summed E-state index contributed by atoms with van der Waals surface area (Å²) in [5.74, 6) is -0.592. The van der Waals surface area contributed by atoms with Crippen molar-refractivity contribution in [2.45, 2.75) is 6.92 Å². The molecule has 1 heterocycles. The van der Waals surface area contributed by atoms with E-state index in [1.165, 1.54) is 0 Å². The van der Waals surface area contributed by atoms with E-state index in [9.17, 15) is 4.79 Å². The van der Waals surface area contributed by atoms with Crippen molar-refractivity contribution < 1.29 is 4.79 Å². The molecule has 0 aliphatic carbocycles. The minimum Gasteiger partial charge on any atom is -0.366 e. The number of hydrogen-bond acceptors (Lipinski definition) is 6. The van der Waals surface area contributed by atoms with E-state index in [4.69, 9.17) is 11.5 Å². The van der Waals surface area contributed by atoms with Crippen molar-refractivity contribution in [3.8, 4) is 0 Å². The Bertz CT molecular complexity index is 625. The molecular formula is C11H11BrN6O. The van der Waals surface area contributed by atoms with Crippen LogP contribution in [0.2, 0.25) is 0 Å². The maximum atomic E-state index is 11.2. The summed E-state index contributed by atoms with van der Waals surface area (Å²) >= 11 is 3.38. The number of anilines is 3. The maximum absolute atomic E-state index is 11.2. The van der Waals surface area contributed by atoms with E-state index in [2.05, 4.69) is 36.4 Å². The molecule has 0 saturated carbocycles. The zero-order valence-electron chi connectivity index (χ0n) is 10.0. The number of hydrogen-bond donors (Lipinski definition) is 3. The maximum Gasteiger partial charge on any atom is 0.273 e. The van der Waals surface area contributed by atoms with Gasteiger partial charge in [0, 0.05) is 10.2 Å². The lowest BCUT2D eigenvalue weighted by Gasteiger charge is -2.09. The van der Waals surface area contributed by atoms with E-state index in [0.29, 0.717) is 0 Å². The molecule has 0 fully saturated rings. The molecule has 0 aliphatic rings. The number of nitrogens with zero attached hydrogens (tertiary/aromatic N) is 3. The van der Waals surface area contributed by atoms with E-state index >= 15 is 0 Å². The van der Waals surface area contributed by atoms with Crippen LogP contribution in [0.25, 0.3) is 0 Å². The number of nitrogen functional groups attached to an aromatic ring is 1. The Morgan fingerprint density at radius 2 is 2.05 bits per heavy atom. The van der Waals surface area contributed by atoms with E-state index in [1.807, 2.05) is 25.1 Å². The molecule has 0 atom stereocenters. The first kappa shape index (κ1) is 13.2. The number of halogens is 1. The molecule has 0 saturated heterocycles. The summed E-state index contributed by atoms with van der Waals surface area (Å²) in [4.78, 5) is 15.2. The minimum absolute atomic E-state index is 0.0424. The third-order valence-corrected chi connectivity index (χ3v) is 2.70. The molecule has 2 aromatic rings. The van der Waals surface area contributed by atoms with Crippen LogP contribution in [0.5, 0.6) is 0 Å². The summed E-state index contributed by atoms with van der Waals surface area (Å²) in [6, 6.07) is 5.66. The van der Waals surface area contributed by atoms with Crippen LogP contribution in [0.4, 0.5) is 17.5 Å². The van der Waals surface area contributed by atoms with Gasteiger partial charge in [-0.2, -0.15) is 4.98 Å². The van der Waals surface area contributed by atoms with Gasteiger partial charge in [-0.05, 0) is 30.7 Å². The van der Waals surface area contributed by atoms with Crippen LogP contribution in [-0.4, -0.2) is 21.1 Å². The molecule has 1 aromatic heterocycles. The van der Waals surface area contributed by atoms with E-state index in [1.54, 1.807) is 0 Å². The van der Waals surface area contributed by atoms with E-state index in [-0.39, 0.29) is 17.5 Å². The van der Waals surface area contributed by atoms with Gasteiger partial charge in [-0.15, -0.1) is 10.2 Å². The average Bonchev–Trinajstić information content (AvgIpc) is 2.26. The predicted molar refractivity (Wildman–Crippen MR) is 74.9 cm³/mol. The summed E-state index contributed by atoms with van der Waals surface area (Å²) < 4.78 is 0.894. The van der Waals surface area contributed by atoms with Gasteiger partial charge >= 0.3 is 0 Å². The smallest absolute Gasteiger partial charge is 0.273 e. The SMILES string of the molecule is Cc1cc(Br)cc(Nc2nc(N)nnc2C(N)=O)c1. The number of nitrogens with two attached hydrogens (primary N) is 2. The van der Waals surface area contributed by atoms with Crippen molar-refractivity contribution in [2.24, 2.45) is 5.73 Å². The minimum atomic E-state index is -0.728. The number of aryl methyl sites for hydroxylation is 1. The fourth-order valence-electron chi connectivity index (χ4n) is 1.54. The Balaban J connectivity index is 2.42. The second-order valence-electron chi connectivity index (χ2n) is 3.87. The molecule has 5 N–H and O–H groups in total. The first-order valence-electron chi connectivity index (χ1n) is 5.30. The second-order valence-corrected chi connectivity index (χ2v) is 4.79. The van der Waals surface area contributed by atoms with Gasteiger partial charge in [-0.25, -0.2) is 0 Å². The van der Waals surface area contributed by atoms with E-state index < -0.39 is 5.91 Å². The highest BCUT2D eigenvalue weighted by molar-refractivity contribution is 9.10. The summed E-state index contributed by atoms with van der Waals surface area (Å²) in [7, 11) is 0. The third-order valence-electron chi connectivity index (χ3n) is 2.24. The molecule has 8 heteroatoms. The molecule has 19 heavy (non-hydrogen) atoms. The summed E-state index contributed by atoms with van der Waals surface area (Å²) in [6.07, 6.45) is 0. The number of rotatable bonds is 3. The predicted octanol–water partition coefficient (Wildman–Crippen LogP) is 1.37. The molecule has 98 valence electrons. The normalized spacial score (nSPS) is 10.2. The van der Waals surface area contributed by atoms with Gasteiger partial charge in [-0.3, -0.25) is 4.79 Å². The second kappa shape index (κ2) is 5.19. The largest absolute Gasteiger partial charge is 0.366 e. The van der Waals surface area contributed by atoms with Gasteiger partial charge < -0.3 is 16.8 Å². The van der Waals surface area contributed by atoms with E-state index in [0.717, 1.165) is 15.7 Å². The highest BCUT2D eigenvalue weighted by Gasteiger charge is 2.13. The van der Waals surface area contributed by atoms with Crippen LogP contribution in [0.3, 0.4) is 0 Å². The molecule has 0 bridgehead atoms. The van der Waals surface area contributed by atoms with Crippen molar-refractivity contribution in [3.63, 3.8) is 0 Å². The Kier molecular flexibility index (Phi) is 3.61. The zero-order chi connectivity index (χ0) is 14.0. The summed E-state index contributed by atoms with van der Waals surface area (Å²) in [6.45, 7) is 1.94. The van der Waals surface area contributed by atoms with Crippen molar-refractivity contribution in [3.05, 3.63) is 33.9 Å². The molecule has 7 nitrogen and oxygen atoms in total. The lowest BCUT2D eigenvalue weighted by atomic mass is 10.2. The van der Waals surface area contributed by atoms with Crippen LogP contribution < -0.4 is 16.8 Å².